The van der Waals surface area contributed by atoms with E-state index in [0.29, 0.717) is 12.0 Å². The summed E-state index contributed by atoms with van der Waals surface area (Å²) in [6, 6.07) is 0. The van der Waals surface area contributed by atoms with Gasteiger partial charge in [-0.1, -0.05) is 0 Å². The van der Waals surface area contributed by atoms with Crippen LogP contribution in [0, 0.1) is 12.8 Å². The molecule has 1 aromatic rings. The maximum atomic E-state index is 11.7. The number of hydrogen-bond acceptors (Lipinski definition) is 5. The summed E-state index contributed by atoms with van der Waals surface area (Å²) in [5.41, 5.74) is -0.349. The molecule has 0 amide bonds. The zero-order chi connectivity index (χ0) is 13.3. The fraction of sp³-hybridized carbons (Fsp3) is 0.636. The lowest BCUT2D eigenvalue weighted by Crippen LogP contribution is -2.32. The van der Waals surface area contributed by atoms with Gasteiger partial charge >= 0.3 is 5.69 Å². The van der Waals surface area contributed by atoms with Gasteiger partial charge in [0.15, 0.2) is 0 Å². The zero-order valence-electron chi connectivity index (χ0n) is 10.00. The molecule has 3 N–H and O–H groups in total. The lowest BCUT2D eigenvalue weighted by molar-refractivity contribution is 0.187. The summed E-state index contributed by atoms with van der Waals surface area (Å²) in [7, 11) is 0. The number of nitrogens with zero attached hydrogens (tertiary/aromatic N) is 1. The van der Waals surface area contributed by atoms with Crippen LogP contribution >= 0.6 is 11.8 Å². The summed E-state index contributed by atoms with van der Waals surface area (Å²) in [5, 5.41) is 18.2. The molecule has 7 heteroatoms. The van der Waals surface area contributed by atoms with E-state index in [0.717, 1.165) is 0 Å². The number of aliphatic hydroxyl groups is 2. The van der Waals surface area contributed by atoms with Crippen LogP contribution in [0.3, 0.4) is 0 Å². The Morgan fingerprint density at radius 1 is 1.44 bits per heavy atom. The SMILES string of the molecule is Cc1cn(C2C[C@@H](CO)[C@@H](CO)S2)c(=O)[nH]c1=O. The Kier molecular flexibility index (Phi) is 3.94. The molecule has 0 saturated carbocycles. The van der Waals surface area contributed by atoms with Crippen LogP contribution in [0.4, 0.5) is 0 Å². The minimum atomic E-state index is -0.446. The number of aliphatic hydroxyl groups excluding tert-OH is 2. The van der Waals surface area contributed by atoms with Crippen LogP contribution in [0.5, 0.6) is 0 Å². The van der Waals surface area contributed by atoms with E-state index in [4.69, 9.17) is 0 Å². The van der Waals surface area contributed by atoms with E-state index in [1.54, 1.807) is 6.92 Å². The van der Waals surface area contributed by atoms with Gasteiger partial charge in [-0.15, -0.1) is 11.8 Å². The van der Waals surface area contributed by atoms with Crippen molar-refractivity contribution >= 4 is 11.8 Å². The molecule has 18 heavy (non-hydrogen) atoms. The van der Waals surface area contributed by atoms with Gasteiger partial charge in [0.1, 0.15) is 0 Å². The molecule has 2 rings (SSSR count). The molecule has 3 atom stereocenters. The Hall–Kier alpha value is -1.05. The van der Waals surface area contributed by atoms with Crippen molar-refractivity contribution in [2.24, 2.45) is 5.92 Å². The molecule has 1 saturated heterocycles. The summed E-state index contributed by atoms with van der Waals surface area (Å²) in [6.07, 6.45) is 2.14. The summed E-state index contributed by atoms with van der Waals surface area (Å²) >= 11 is 1.46. The van der Waals surface area contributed by atoms with E-state index >= 15 is 0 Å². The molecule has 1 unspecified atom stereocenters. The molecule has 2 heterocycles. The molecule has 1 aliphatic rings. The maximum absolute atomic E-state index is 11.7. The van der Waals surface area contributed by atoms with Crippen LogP contribution < -0.4 is 11.2 Å². The van der Waals surface area contributed by atoms with E-state index in [1.807, 2.05) is 0 Å². The lowest BCUT2D eigenvalue weighted by atomic mass is 10.0. The number of aromatic amines is 1. The van der Waals surface area contributed by atoms with Gasteiger partial charge in [-0.25, -0.2) is 4.79 Å². The molecule has 0 spiro atoms. The number of rotatable bonds is 3. The molecule has 0 aliphatic carbocycles. The van der Waals surface area contributed by atoms with Crippen LogP contribution in [0.2, 0.25) is 0 Å². The van der Waals surface area contributed by atoms with Gasteiger partial charge in [-0.05, 0) is 19.3 Å². The van der Waals surface area contributed by atoms with Crippen molar-refractivity contribution < 1.29 is 10.2 Å². The van der Waals surface area contributed by atoms with E-state index in [1.165, 1.54) is 22.5 Å². The molecule has 1 aliphatic heterocycles. The number of nitrogens with one attached hydrogen (secondary N) is 1. The first-order chi connectivity index (χ1) is 8.56. The molecule has 6 nitrogen and oxygen atoms in total. The average molecular weight is 272 g/mol. The second kappa shape index (κ2) is 5.29. The molecule has 1 fully saturated rings. The standard InChI is InChI=1S/C11H16N2O4S/c1-6-3-13(11(17)12-10(6)16)9-2-7(4-14)8(5-15)18-9/h3,7-9,14-15H,2,4-5H2,1H3,(H,12,16,17)/t7-,8+,9?/m0/s1. The first-order valence-corrected chi connectivity index (χ1v) is 6.70. The Morgan fingerprint density at radius 3 is 2.72 bits per heavy atom. The van der Waals surface area contributed by atoms with Crippen molar-refractivity contribution in [3.8, 4) is 0 Å². The van der Waals surface area contributed by atoms with Crippen LogP contribution in [-0.2, 0) is 0 Å². The van der Waals surface area contributed by atoms with Gasteiger partial charge < -0.3 is 10.2 Å². The lowest BCUT2D eigenvalue weighted by Gasteiger charge is -2.13. The Balaban J connectivity index is 2.31. The van der Waals surface area contributed by atoms with Crippen molar-refractivity contribution in [2.75, 3.05) is 13.2 Å². The van der Waals surface area contributed by atoms with E-state index in [9.17, 15) is 19.8 Å². The number of aromatic nitrogens is 2. The fourth-order valence-electron chi connectivity index (χ4n) is 2.14. The minimum absolute atomic E-state index is 0.00812. The van der Waals surface area contributed by atoms with Crippen molar-refractivity contribution in [1.82, 2.24) is 9.55 Å². The Morgan fingerprint density at radius 2 is 2.17 bits per heavy atom. The third-order valence-electron chi connectivity index (χ3n) is 3.23. The molecular formula is C11H16N2O4S. The largest absolute Gasteiger partial charge is 0.396 e. The van der Waals surface area contributed by atoms with Gasteiger partial charge in [0.25, 0.3) is 5.56 Å². The summed E-state index contributed by atoms with van der Waals surface area (Å²) < 4.78 is 1.47. The first-order valence-electron chi connectivity index (χ1n) is 5.76. The van der Waals surface area contributed by atoms with Gasteiger partial charge in [-0.3, -0.25) is 14.3 Å². The van der Waals surface area contributed by atoms with Crippen LogP contribution in [0.15, 0.2) is 15.8 Å². The van der Waals surface area contributed by atoms with E-state index < -0.39 is 5.69 Å². The molecule has 0 radical (unpaired) electrons. The number of thioether (sulfide) groups is 1. The summed E-state index contributed by atoms with van der Waals surface area (Å²) in [6.45, 7) is 1.61. The fourth-order valence-corrected chi connectivity index (χ4v) is 3.70. The Labute approximate surface area is 108 Å². The van der Waals surface area contributed by atoms with Gasteiger partial charge in [0.2, 0.25) is 0 Å². The maximum Gasteiger partial charge on any atom is 0.329 e. The number of aryl methyl sites for hydroxylation is 1. The van der Waals surface area contributed by atoms with Gasteiger partial charge in [0, 0.05) is 23.6 Å². The van der Waals surface area contributed by atoms with Crippen molar-refractivity contribution in [3.05, 3.63) is 32.6 Å². The molecule has 0 bridgehead atoms. The summed E-state index contributed by atoms with van der Waals surface area (Å²) in [5.74, 6) is -0.0239. The monoisotopic (exact) mass is 272 g/mol. The van der Waals surface area contributed by atoms with E-state index in [2.05, 4.69) is 4.98 Å². The summed E-state index contributed by atoms with van der Waals surface area (Å²) in [4.78, 5) is 25.3. The Bertz CT molecular complexity index is 527. The molecule has 0 aromatic carbocycles. The van der Waals surface area contributed by atoms with Crippen LogP contribution in [0.1, 0.15) is 17.4 Å². The third kappa shape index (κ3) is 2.38. The highest BCUT2D eigenvalue weighted by Gasteiger charge is 2.35. The van der Waals surface area contributed by atoms with Crippen molar-refractivity contribution in [1.29, 1.82) is 0 Å². The second-order valence-electron chi connectivity index (χ2n) is 4.47. The molecule has 100 valence electrons. The third-order valence-corrected chi connectivity index (χ3v) is 4.85. The predicted octanol–water partition coefficient (Wildman–Crippen LogP) is -0.550. The highest BCUT2D eigenvalue weighted by Crippen LogP contribution is 2.44. The quantitative estimate of drug-likeness (QED) is 0.686. The first kappa shape index (κ1) is 13.4. The average Bonchev–Trinajstić information content (AvgIpc) is 2.76. The highest BCUT2D eigenvalue weighted by molar-refractivity contribution is 8.00. The zero-order valence-corrected chi connectivity index (χ0v) is 10.8. The molecule has 1 aromatic heterocycles. The van der Waals surface area contributed by atoms with Gasteiger partial charge in [-0.2, -0.15) is 0 Å². The minimum Gasteiger partial charge on any atom is -0.396 e. The van der Waals surface area contributed by atoms with Crippen LogP contribution in [0.25, 0.3) is 0 Å². The van der Waals surface area contributed by atoms with Crippen molar-refractivity contribution in [3.63, 3.8) is 0 Å². The smallest absolute Gasteiger partial charge is 0.329 e. The second-order valence-corrected chi connectivity index (χ2v) is 5.89. The normalized spacial score (nSPS) is 27.6. The topological polar surface area (TPSA) is 95.3 Å². The number of H-pyrrole nitrogens is 1. The molecular weight excluding hydrogens is 256 g/mol. The highest BCUT2D eigenvalue weighted by atomic mass is 32.2. The predicted molar refractivity (Wildman–Crippen MR) is 68.8 cm³/mol. The van der Waals surface area contributed by atoms with E-state index in [-0.39, 0.29) is 35.3 Å². The van der Waals surface area contributed by atoms with Crippen LogP contribution in [-0.4, -0.2) is 38.2 Å². The number of hydrogen-bond donors (Lipinski definition) is 3. The van der Waals surface area contributed by atoms with Gasteiger partial charge in [0.05, 0.1) is 12.0 Å². The van der Waals surface area contributed by atoms with Crippen molar-refractivity contribution in [2.45, 2.75) is 24.0 Å².